The van der Waals surface area contributed by atoms with Gasteiger partial charge in [0, 0.05) is 22.3 Å². The first-order valence-electron chi connectivity index (χ1n) is 6.94. The van der Waals surface area contributed by atoms with Gasteiger partial charge in [0.15, 0.2) is 0 Å². The fourth-order valence-electron chi connectivity index (χ4n) is 2.03. The average molecular weight is 428 g/mol. The Balaban J connectivity index is 2.24. The minimum absolute atomic E-state index is 0.0441. The van der Waals surface area contributed by atoms with Crippen molar-refractivity contribution in [3.05, 3.63) is 63.1 Å². The SMILES string of the molecule is CS(=O)(=O)N(CC(=O)Nc1ccc(Br)cc1)c1cccc([N+](=O)[O-])c1. The number of amides is 1. The highest BCUT2D eigenvalue weighted by Gasteiger charge is 2.22. The quantitative estimate of drug-likeness (QED) is 0.562. The first kappa shape index (κ1) is 18.9. The van der Waals surface area contributed by atoms with Gasteiger partial charge in [-0.3, -0.25) is 19.2 Å². The lowest BCUT2D eigenvalue weighted by atomic mass is 10.3. The van der Waals surface area contributed by atoms with E-state index in [0.29, 0.717) is 5.69 Å². The molecule has 0 heterocycles. The number of nitro benzene ring substituents is 1. The number of nitro groups is 1. The Hall–Kier alpha value is -2.46. The molecule has 0 unspecified atom stereocenters. The molecule has 2 aromatic rings. The first-order valence-corrected chi connectivity index (χ1v) is 9.58. The van der Waals surface area contributed by atoms with Crippen LogP contribution in [0.5, 0.6) is 0 Å². The summed E-state index contributed by atoms with van der Waals surface area (Å²) >= 11 is 3.27. The van der Waals surface area contributed by atoms with Gasteiger partial charge in [0.25, 0.3) is 5.69 Å². The summed E-state index contributed by atoms with van der Waals surface area (Å²) in [5.41, 5.74) is 0.280. The van der Waals surface area contributed by atoms with E-state index in [1.807, 2.05) is 0 Å². The molecule has 0 aliphatic rings. The van der Waals surface area contributed by atoms with Gasteiger partial charge in [-0.25, -0.2) is 8.42 Å². The Labute approximate surface area is 152 Å². The molecule has 25 heavy (non-hydrogen) atoms. The predicted molar refractivity (Wildman–Crippen MR) is 98.1 cm³/mol. The number of nitrogens with zero attached hydrogens (tertiary/aromatic N) is 2. The highest BCUT2D eigenvalue weighted by atomic mass is 79.9. The van der Waals surface area contributed by atoms with Crippen molar-refractivity contribution in [3.63, 3.8) is 0 Å². The van der Waals surface area contributed by atoms with E-state index in [0.717, 1.165) is 21.1 Å². The van der Waals surface area contributed by atoms with E-state index < -0.39 is 27.4 Å². The molecule has 0 fully saturated rings. The van der Waals surface area contributed by atoms with Crippen LogP contribution >= 0.6 is 15.9 Å². The second-order valence-corrected chi connectivity index (χ2v) is 7.92. The van der Waals surface area contributed by atoms with E-state index in [1.54, 1.807) is 24.3 Å². The van der Waals surface area contributed by atoms with E-state index >= 15 is 0 Å². The van der Waals surface area contributed by atoms with E-state index in [9.17, 15) is 23.3 Å². The van der Waals surface area contributed by atoms with Crippen molar-refractivity contribution in [2.45, 2.75) is 0 Å². The van der Waals surface area contributed by atoms with Crippen LogP contribution in [0.25, 0.3) is 0 Å². The molecule has 0 atom stereocenters. The molecule has 0 saturated heterocycles. The smallest absolute Gasteiger partial charge is 0.271 e. The Morgan fingerprint density at radius 3 is 2.44 bits per heavy atom. The Kier molecular flexibility index (Phi) is 5.75. The van der Waals surface area contributed by atoms with Crippen molar-refractivity contribution < 1.29 is 18.1 Å². The lowest BCUT2D eigenvalue weighted by Crippen LogP contribution is -2.37. The molecule has 0 radical (unpaired) electrons. The van der Waals surface area contributed by atoms with Gasteiger partial charge in [-0.1, -0.05) is 22.0 Å². The summed E-state index contributed by atoms with van der Waals surface area (Å²) < 4.78 is 25.7. The van der Waals surface area contributed by atoms with Crippen LogP contribution in [0.2, 0.25) is 0 Å². The summed E-state index contributed by atoms with van der Waals surface area (Å²) in [7, 11) is -3.81. The fourth-order valence-corrected chi connectivity index (χ4v) is 3.14. The van der Waals surface area contributed by atoms with Gasteiger partial charge in [0.1, 0.15) is 6.54 Å². The molecule has 0 spiro atoms. The van der Waals surface area contributed by atoms with E-state index in [4.69, 9.17) is 0 Å². The third-order valence-corrected chi connectivity index (χ3v) is 4.81. The van der Waals surface area contributed by atoms with Crippen LogP contribution in [0.1, 0.15) is 0 Å². The summed E-state index contributed by atoms with van der Waals surface area (Å²) in [5, 5.41) is 13.4. The maximum atomic E-state index is 12.2. The minimum atomic E-state index is -3.81. The standard InChI is InChI=1S/C15H14BrN3O5S/c1-25(23,24)18(13-3-2-4-14(9-13)19(21)22)10-15(20)17-12-7-5-11(16)6-8-12/h2-9H,10H2,1H3,(H,17,20). The van der Waals surface area contributed by atoms with Gasteiger partial charge in [0.2, 0.25) is 15.9 Å². The second kappa shape index (κ2) is 7.62. The number of carbonyl (C=O) groups is 1. The topological polar surface area (TPSA) is 110 Å². The highest BCUT2D eigenvalue weighted by molar-refractivity contribution is 9.10. The summed E-state index contributed by atoms with van der Waals surface area (Å²) in [5.74, 6) is -0.570. The second-order valence-electron chi connectivity index (χ2n) is 5.10. The molecule has 2 aromatic carbocycles. The summed E-state index contributed by atoms with van der Waals surface area (Å²) in [6.07, 6.45) is 0.929. The molecule has 1 N–H and O–H groups in total. The number of benzene rings is 2. The molecule has 0 aliphatic carbocycles. The monoisotopic (exact) mass is 427 g/mol. The van der Waals surface area contributed by atoms with Gasteiger partial charge in [-0.15, -0.1) is 0 Å². The maximum Gasteiger partial charge on any atom is 0.271 e. The summed E-state index contributed by atoms with van der Waals surface area (Å²) in [6.45, 7) is -0.504. The number of nitrogens with one attached hydrogen (secondary N) is 1. The number of anilines is 2. The zero-order valence-electron chi connectivity index (χ0n) is 13.0. The van der Waals surface area contributed by atoms with Crippen molar-refractivity contribution in [1.29, 1.82) is 0 Å². The molecule has 8 nitrogen and oxygen atoms in total. The molecular weight excluding hydrogens is 414 g/mol. The van der Waals surface area contributed by atoms with Crippen LogP contribution in [0.15, 0.2) is 53.0 Å². The van der Waals surface area contributed by atoms with Gasteiger partial charge in [0.05, 0.1) is 16.9 Å². The number of hydrogen-bond acceptors (Lipinski definition) is 5. The number of rotatable bonds is 6. The number of carbonyl (C=O) groups excluding carboxylic acids is 1. The van der Waals surface area contributed by atoms with Crippen LogP contribution in [0.4, 0.5) is 17.1 Å². The van der Waals surface area contributed by atoms with Gasteiger partial charge in [-0.05, 0) is 30.3 Å². The third-order valence-electron chi connectivity index (χ3n) is 3.14. The molecule has 0 saturated carbocycles. The minimum Gasteiger partial charge on any atom is -0.325 e. The summed E-state index contributed by atoms with van der Waals surface area (Å²) in [4.78, 5) is 22.4. The largest absolute Gasteiger partial charge is 0.325 e. The summed E-state index contributed by atoms with van der Waals surface area (Å²) in [6, 6.07) is 11.9. The van der Waals surface area contributed by atoms with Crippen molar-refractivity contribution in [1.82, 2.24) is 0 Å². The van der Waals surface area contributed by atoms with Crippen molar-refractivity contribution in [2.75, 3.05) is 22.4 Å². The van der Waals surface area contributed by atoms with Crippen LogP contribution < -0.4 is 9.62 Å². The number of non-ortho nitro benzene ring substituents is 1. The van der Waals surface area contributed by atoms with Crippen LogP contribution in [0.3, 0.4) is 0 Å². The molecule has 0 aromatic heterocycles. The predicted octanol–water partition coefficient (Wildman–Crippen LogP) is 2.76. The van der Waals surface area contributed by atoms with Crippen molar-refractivity contribution >= 4 is 48.9 Å². The fraction of sp³-hybridized carbons (Fsp3) is 0.133. The molecule has 0 aliphatic heterocycles. The number of hydrogen-bond donors (Lipinski definition) is 1. The van der Waals surface area contributed by atoms with Crippen LogP contribution in [-0.2, 0) is 14.8 Å². The number of sulfonamides is 1. The highest BCUT2D eigenvalue weighted by Crippen LogP contribution is 2.23. The molecule has 10 heteroatoms. The molecule has 132 valence electrons. The molecular formula is C15H14BrN3O5S. The lowest BCUT2D eigenvalue weighted by molar-refractivity contribution is -0.384. The van der Waals surface area contributed by atoms with Gasteiger partial charge >= 0.3 is 0 Å². The molecule has 2 rings (SSSR count). The molecule has 1 amide bonds. The van der Waals surface area contributed by atoms with Crippen LogP contribution in [0, 0.1) is 10.1 Å². The zero-order valence-corrected chi connectivity index (χ0v) is 15.5. The van der Waals surface area contributed by atoms with Crippen LogP contribution in [-0.4, -0.2) is 32.0 Å². The van der Waals surface area contributed by atoms with Crippen molar-refractivity contribution in [2.24, 2.45) is 0 Å². The normalized spacial score (nSPS) is 11.0. The Morgan fingerprint density at radius 2 is 1.88 bits per heavy atom. The first-order chi connectivity index (χ1) is 11.7. The van der Waals surface area contributed by atoms with E-state index in [-0.39, 0.29) is 11.4 Å². The lowest BCUT2D eigenvalue weighted by Gasteiger charge is -2.21. The van der Waals surface area contributed by atoms with Gasteiger partial charge in [-0.2, -0.15) is 0 Å². The van der Waals surface area contributed by atoms with Gasteiger partial charge < -0.3 is 5.32 Å². The maximum absolute atomic E-state index is 12.2. The Bertz CT molecular complexity index is 900. The third kappa shape index (κ3) is 5.26. The van der Waals surface area contributed by atoms with Crippen molar-refractivity contribution in [3.8, 4) is 0 Å². The van der Waals surface area contributed by atoms with E-state index in [1.165, 1.54) is 18.2 Å². The average Bonchev–Trinajstić information content (AvgIpc) is 2.54. The number of halogens is 1. The zero-order chi connectivity index (χ0) is 18.6. The Morgan fingerprint density at radius 1 is 1.24 bits per heavy atom. The molecule has 0 bridgehead atoms. The van der Waals surface area contributed by atoms with E-state index in [2.05, 4.69) is 21.2 Å².